The van der Waals surface area contributed by atoms with Crippen LogP contribution in [0, 0.1) is 11.8 Å². The molecule has 4 nitrogen and oxygen atoms in total. The maximum Gasteiger partial charge on any atom is 0.254 e. The van der Waals surface area contributed by atoms with Crippen LogP contribution in [0.15, 0.2) is 18.2 Å². The molecule has 0 aromatic heterocycles. The summed E-state index contributed by atoms with van der Waals surface area (Å²) in [7, 11) is 0. The van der Waals surface area contributed by atoms with Crippen LogP contribution in [0.5, 0.6) is 5.75 Å². The Hall–Kier alpha value is -1.55. The molecule has 3 heterocycles. The molecule has 1 N–H and O–H groups in total. The van der Waals surface area contributed by atoms with Gasteiger partial charge in [0.25, 0.3) is 5.91 Å². The number of rotatable bonds is 1. The fourth-order valence-corrected chi connectivity index (χ4v) is 4.24. The Morgan fingerprint density at radius 2 is 2.24 bits per heavy atom. The predicted molar refractivity (Wildman–Crippen MR) is 80.6 cm³/mol. The molecule has 2 saturated heterocycles. The van der Waals surface area contributed by atoms with E-state index in [-0.39, 0.29) is 11.4 Å². The summed E-state index contributed by atoms with van der Waals surface area (Å²) in [5.41, 5.74) is 1.90. The molecule has 1 aromatic rings. The summed E-state index contributed by atoms with van der Waals surface area (Å²) < 4.78 is 5.53. The molecule has 0 aliphatic carbocycles. The molecular formula is C17H22N2O2. The van der Waals surface area contributed by atoms with Gasteiger partial charge in [0.05, 0.1) is 6.61 Å². The maximum atomic E-state index is 13.0. The Balaban J connectivity index is 1.63. The van der Waals surface area contributed by atoms with Crippen LogP contribution in [0.1, 0.15) is 29.8 Å². The van der Waals surface area contributed by atoms with Crippen LogP contribution in [-0.2, 0) is 6.42 Å². The molecule has 112 valence electrons. The highest BCUT2D eigenvalue weighted by molar-refractivity contribution is 5.95. The van der Waals surface area contributed by atoms with E-state index >= 15 is 0 Å². The molecule has 1 aromatic carbocycles. The van der Waals surface area contributed by atoms with Gasteiger partial charge in [-0.3, -0.25) is 4.79 Å². The third-order valence-corrected chi connectivity index (χ3v) is 5.54. The number of carbonyl (C=O) groups is 1. The Kier molecular flexibility index (Phi) is 2.80. The summed E-state index contributed by atoms with van der Waals surface area (Å²) >= 11 is 0. The minimum Gasteiger partial charge on any atom is -0.493 e. The first-order chi connectivity index (χ1) is 10.1. The zero-order valence-corrected chi connectivity index (χ0v) is 12.7. The summed E-state index contributed by atoms with van der Waals surface area (Å²) in [4.78, 5) is 15.0. The van der Waals surface area contributed by atoms with E-state index in [1.54, 1.807) is 0 Å². The van der Waals surface area contributed by atoms with Gasteiger partial charge in [0.2, 0.25) is 0 Å². The second-order valence-corrected chi connectivity index (χ2v) is 7.02. The molecule has 2 atom stereocenters. The van der Waals surface area contributed by atoms with Crippen LogP contribution >= 0.6 is 0 Å². The predicted octanol–water partition coefficient (Wildman–Crippen LogP) is 1.69. The average molecular weight is 286 g/mol. The molecule has 3 aliphatic rings. The van der Waals surface area contributed by atoms with Gasteiger partial charge in [0, 0.05) is 37.2 Å². The number of hydrogen-bond donors (Lipinski definition) is 1. The fourth-order valence-electron chi connectivity index (χ4n) is 4.24. The standard InChI is InChI=1S/C17H22N2O2/c1-17(2)14-9-18-8-13(14)10-19(17)16(20)12-3-4-15-11(7-12)5-6-21-15/h3-4,7,13-14,18H,5-6,8-10H2,1-2H3. The van der Waals surface area contributed by atoms with Crippen LogP contribution < -0.4 is 10.1 Å². The fraction of sp³-hybridized carbons (Fsp3) is 0.588. The van der Waals surface area contributed by atoms with E-state index in [9.17, 15) is 4.79 Å². The van der Waals surface area contributed by atoms with Crippen molar-refractivity contribution in [2.24, 2.45) is 11.8 Å². The van der Waals surface area contributed by atoms with Crippen LogP contribution in [-0.4, -0.2) is 42.6 Å². The zero-order valence-electron chi connectivity index (χ0n) is 12.7. The van der Waals surface area contributed by atoms with Gasteiger partial charge in [-0.05, 0) is 49.4 Å². The molecule has 21 heavy (non-hydrogen) atoms. The molecule has 4 rings (SSSR count). The number of amides is 1. The minimum atomic E-state index is -0.0687. The number of nitrogens with zero attached hydrogens (tertiary/aromatic N) is 1. The van der Waals surface area contributed by atoms with Gasteiger partial charge >= 0.3 is 0 Å². The zero-order chi connectivity index (χ0) is 14.6. The lowest BCUT2D eigenvalue weighted by Crippen LogP contribution is -2.47. The number of nitrogens with one attached hydrogen (secondary N) is 1. The van der Waals surface area contributed by atoms with Gasteiger partial charge in [-0.25, -0.2) is 0 Å². The highest BCUT2D eigenvalue weighted by Crippen LogP contribution is 2.41. The molecule has 0 saturated carbocycles. The summed E-state index contributed by atoms with van der Waals surface area (Å²) in [6.45, 7) is 8.09. The monoisotopic (exact) mass is 286 g/mol. The smallest absolute Gasteiger partial charge is 0.254 e. The van der Waals surface area contributed by atoms with Crippen molar-refractivity contribution in [1.29, 1.82) is 0 Å². The highest BCUT2D eigenvalue weighted by atomic mass is 16.5. The van der Waals surface area contributed by atoms with Gasteiger partial charge in [-0.2, -0.15) is 0 Å². The normalized spacial score (nSPS) is 29.1. The van der Waals surface area contributed by atoms with Crippen molar-refractivity contribution >= 4 is 5.91 Å². The van der Waals surface area contributed by atoms with E-state index in [0.29, 0.717) is 11.8 Å². The van der Waals surface area contributed by atoms with Crippen molar-refractivity contribution in [3.05, 3.63) is 29.3 Å². The van der Waals surface area contributed by atoms with Crippen molar-refractivity contribution in [2.75, 3.05) is 26.2 Å². The third kappa shape index (κ3) is 1.89. The molecular weight excluding hydrogens is 264 g/mol. The summed E-state index contributed by atoms with van der Waals surface area (Å²) in [6.07, 6.45) is 0.912. The van der Waals surface area contributed by atoms with Crippen molar-refractivity contribution in [2.45, 2.75) is 25.8 Å². The largest absolute Gasteiger partial charge is 0.493 e. The maximum absolute atomic E-state index is 13.0. The Bertz CT molecular complexity index is 596. The molecule has 3 aliphatic heterocycles. The number of carbonyl (C=O) groups excluding carboxylic acids is 1. The van der Waals surface area contributed by atoms with Gasteiger partial charge in [0.1, 0.15) is 5.75 Å². The molecule has 4 heteroatoms. The van der Waals surface area contributed by atoms with E-state index in [0.717, 1.165) is 44.0 Å². The number of likely N-dealkylation sites (tertiary alicyclic amines) is 1. The van der Waals surface area contributed by atoms with Crippen molar-refractivity contribution in [3.63, 3.8) is 0 Å². The first kappa shape index (κ1) is 13.1. The average Bonchev–Trinajstić information content (AvgIpc) is 3.15. The van der Waals surface area contributed by atoms with Gasteiger partial charge < -0.3 is 15.0 Å². The minimum absolute atomic E-state index is 0.0687. The lowest BCUT2D eigenvalue weighted by atomic mass is 9.84. The van der Waals surface area contributed by atoms with Crippen LogP contribution in [0.2, 0.25) is 0 Å². The lowest BCUT2D eigenvalue weighted by molar-refractivity contribution is 0.0603. The molecule has 2 unspecified atom stereocenters. The topological polar surface area (TPSA) is 41.6 Å². The van der Waals surface area contributed by atoms with Gasteiger partial charge in [-0.15, -0.1) is 0 Å². The number of benzene rings is 1. The van der Waals surface area contributed by atoms with Crippen LogP contribution in [0.3, 0.4) is 0 Å². The molecule has 0 radical (unpaired) electrons. The Morgan fingerprint density at radius 3 is 3.05 bits per heavy atom. The quantitative estimate of drug-likeness (QED) is 0.854. The van der Waals surface area contributed by atoms with Crippen molar-refractivity contribution < 1.29 is 9.53 Å². The Labute approximate surface area is 125 Å². The lowest BCUT2D eigenvalue weighted by Gasteiger charge is -2.35. The third-order valence-electron chi connectivity index (χ3n) is 5.54. The van der Waals surface area contributed by atoms with Gasteiger partial charge in [0.15, 0.2) is 0 Å². The SMILES string of the molecule is CC1(C)C2CNCC2CN1C(=O)c1ccc2c(c1)CCO2. The summed E-state index contributed by atoms with van der Waals surface area (Å²) in [5, 5.41) is 3.46. The van der Waals surface area contributed by atoms with Crippen LogP contribution in [0.4, 0.5) is 0 Å². The van der Waals surface area contributed by atoms with E-state index < -0.39 is 0 Å². The second kappa shape index (κ2) is 4.47. The Morgan fingerprint density at radius 1 is 1.38 bits per heavy atom. The number of hydrogen-bond acceptors (Lipinski definition) is 3. The van der Waals surface area contributed by atoms with E-state index in [1.165, 1.54) is 5.56 Å². The molecule has 2 fully saturated rings. The molecule has 0 spiro atoms. The van der Waals surface area contributed by atoms with Crippen LogP contribution in [0.25, 0.3) is 0 Å². The first-order valence-electron chi connectivity index (χ1n) is 7.86. The second-order valence-electron chi connectivity index (χ2n) is 7.02. The van der Waals surface area contributed by atoms with E-state index in [2.05, 4.69) is 24.1 Å². The highest BCUT2D eigenvalue weighted by Gasteiger charge is 2.51. The van der Waals surface area contributed by atoms with Crippen molar-refractivity contribution in [1.82, 2.24) is 10.2 Å². The van der Waals surface area contributed by atoms with Gasteiger partial charge in [-0.1, -0.05) is 0 Å². The van der Waals surface area contributed by atoms with E-state index in [1.807, 2.05) is 18.2 Å². The van der Waals surface area contributed by atoms with E-state index in [4.69, 9.17) is 4.74 Å². The summed E-state index contributed by atoms with van der Waals surface area (Å²) in [5.74, 6) is 2.28. The van der Waals surface area contributed by atoms with Crippen molar-refractivity contribution in [3.8, 4) is 5.75 Å². The number of fused-ring (bicyclic) bond motifs is 2. The molecule has 1 amide bonds. The summed E-state index contributed by atoms with van der Waals surface area (Å²) in [6, 6.07) is 5.88. The number of ether oxygens (including phenoxy) is 1. The molecule has 0 bridgehead atoms. The first-order valence-corrected chi connectivity index (χ1v) is 7.86.